The fourth-order valence-corrected chi connectivity index (χ4v) is 2.18. The van der Waals surface area contributed by atoms with E-state index in [0.29, 0.717) is 5.89 Å². The lowest BCUT2D eigenvalue weighted by Crippen LogP contribution is -2.11. The number of hydrogen-bond donors (Lipinski definition) is 1. The van der Waals surface area contributed by atoms with Gasteiger partial charge >= 0.3 is 0 Å². The molecular weight excluding hydrogens is 252 g/mol. The SMILES string of the molecule is C[C@H](Nc1ccc(-c2ncco2)cc1)c1nccn1C. The molecular formula is C15H16N4O. The van der Waals surface area contributed by atoms with E-state index in [0.717, 1.165) is 17.1 Å². The normalized spacial score (nSPS) is 12.3. The van der Waals surface area contributed by atoms with Crippen LogP contribution in [-0.2, 0) is 7.05 Å². The van der Waals surface area contributed by atoms with Gasteiger partial charge in [-0.15, -0.1) is 0 Å². The molecule has 1 atom stereocenters. The summed E-state index contributed by atoms with van der Waals surface area (Å²) in [5, 5.41) is 3.42. The molecule has 2 aromatic heterocycles. The van der Waals surface area contributed by atoms with Gasteiger partial charge in [-0.3, -0.25) is 0 Å². The number of anilines is 1. The van der Waals surface area contributed by atoms with Crippen molar-refractivity contribution in [3.63, 3.8) is 0 Å². The number of nitrogens with one attached hydrogen (secondary N) is 1. The lowest BCUT2D eigenvalue weighted by Gasteiger charge is -2.15. The number of oxazole rings is 1. The Kier molecular flexibility index (Phi) is 3.25. The topological polar surface area (TPSA) is 55.9 Å². The van der Waals surface area contributed by atoms with Crippen LogP contribution >= 0.6 is 0 Å². The molecule has 0 aliphatic rings. The van der Waals surface area contributed by atoms with Crippen molar-refractivity contribution in [1.82, 2.24) is 14.5 Å². The molecule has 0 spiro atoms. The summed E-state index contributed by atoms with van der Waals surface area (Å²) in [4.78, 5) is 8.47. The molecule has 1 aromatic carbocycles. The molecule has 3 aromatic rings. The van der Waals surface area contributed by atoms with Gasteiger partial charge in [-0.05, 0) is 31.2 Å². The predicted octanol–water partition coefficient (Wildman–Crippen LogP) is 3.25. The fraction of sp³-hybridized carbons (Fsp3) is 0.200. The van der Waals surface area contributed by atoms with Crippen LogP contribution in [0.15, 0.2) is 53.5 Å². The van der Waals surface area contributed by atoms with Crippen LogP contribution in [0.5, 0.6) is 0 Å². The zero-order valence-electron chi connectivity index (χ0n) is 11.4. The van der Waals surface area contributed by atoms with Gasteiger partial charge in [-0.2, -0.15) is 0 Å². The molecule has 0 fully saturated rings. The average molecular weight is 268 g/mol. The summed E-state index contributed by atoms with van der Waals surface area (Å²) in [6.45, 7) is 2.09. The van der Waals surface area contributed by atoms with E-state index in [4.69, 9.17) is 4.42 Å². The molecule has 0 amide bonds. The Morgan fingerprint density at radius 1 is 1.15 bits per heavy atom. The smallest absolute Gasteiger partial charge is 0.225 e. The van der Waals surface area contributed by atoms with Crippen LogP contribution in [0.25, 0.3) is 11.5 Å². The van der Waals surface area contributed by atoms with E-state index in [1.807, 2.05) is 42.1 Å². The second kappa shape index (κ2) is 5.21. The van der Waals surface area contributed by atoms with Gasteiger partial charge < -0.3 is 14.3 Å². The van der Waals surface area contributed by atoms with E-state index in [1.54, 1.807) is 18.7 Å². The van der Waals surface area contributed by atoms with Gasteiger partial charge in [0.25, 0.3) is 0 Å². The molecule has 3 rings (SSSR count). The molecule has 2 heterocycles. The summed E-state index contributed by atoms with van der Waals surface area (Å²) in [5.41, 5.74) is 2.00. The Morgan fingerprint density at radius 2 is 1.95 bits per heavy atom. The molecule has 0 saturated carbocycles. The highest BCUT2D eigenvalue weighted by Crippen LogP contribution is 2.22. The van der Waals surface area contributed by atoms with E-state index in [-0.39, 0.29) is 6.04 Å². The van der Waals surface area contributed by atoms with Gasteiger partial charge in [-0.25, -0.2) is 9.97 Å². The van der Waals surface area contributed by atoms with Crippen molar-refractivity contribution in [2.45, 2.75) is 13.0 Å². The number of aromatic nitrogens is 3. The first-order valence-corrected chi connectivity index (χ1v) is 6.48. The number of aryl methyl sites for hydroxylation is 1. The summed E-state index contributed by atoms with van der Waals surface area (Å²) in [5.74, 6) is 1.63. The monoisotopic (exact) mass is 268 g/mol. The molecule has 0 bridgehead atoms. The van der Waals surface area contributed by atoms with E-state index < -0.39 is 0 Å². The summed E-state index contributed by atoms with van der Waals surface area (Å²) < 4.78 is 7.28. The number of nitrogens with zero attached hydrogens (tertiary/aromatic N) is 3. The Hall–Kier alpha value is -2.56. The zero-order chi connectivity index (χ0) is 13.9. The van der Waals surface area contributed by atoms with Gasteiger partial charge in [0.05, 0.1) is 12.2 Å². The van der Waals surface area contributed by atoms with Crippen LogP contribution in [0.2, 0.25) is 0 Å². The van der Waals surface area contributed by atoms with Gasteiger partial charge in [0.1, 0.15) is 12.1 Å². The molecule has 5 nitrogen and oxygen atoms in total. The third-order valence-corrected chi connectivity index (χ3v) is 3.19. The largest absolute Gasteiger partial charge is 0.445 e. The highest BCUT2D eigenvalue weighted by molar-refractivity contribution is 5.58. The predicted molar refractivity (Wildman–Crippen MR) is 77.2 cm³/mol. The maximum atomic E-state index is 5.27. The minimum Gasteiger partial charge on any atom is -0.445 e. The Morgan fingerprint density at radius 3 is 2.55 bits per heavy atom. The molecule has 0 unspecified atom stereocenters. The third-order valence-electron chi connectivity index (χ3n) is 3.19. The Labute approximate surface area is 117 Å². The van der Waals surface area contributed by atoms with Gasteiger partial charge in [-0.1, -0.05) is 0 Å². The summed E-state index contributed by atoms with van der Waals surface area (Å²) in [6.07, 6.45) is 6.97. The van der Waals surface area contributed by atoms with Crippen LogP contribution < -0.4 is 5.32 Å². The summed E-state index contributed by atoms with van der Waals surface area (Å²) in [6, 6.07) is 8.14. The second-order valence-electron chi connectivity index (χ2n) is 4.68. The van der Waals surface area contributed by atoms with Crippen molar-refractivity contribution in [2.75, 3.05) is 5.32 Å². The maximum absolute atomic E-state index is 5.27. The van der Waals surface area contributed by atoms with Crippen molar-refractivity contribution < 1.29 is 4.42 Å². The van der Waals surface area contributed by atoms with Crippen molar-refractivity contribution in [1.29, 1.82) is 0 Å². The van der Waals surface area contributed by atoms with E-state index in [1.165, 1.54) is 0 Å². The van der Waals surface area contributed by atoms with E-state index in [2.05, 4.69) is 22.2 Å². The quantitative estimate of drug-likeness (QED) is 0.789. The Bertz CT molecular complexity index is 670. The minimum absolute atomic E-state index is 0.141. The van der Waals surface area contributed by atoms with E-state index >= 15 is 0 Å². The lowest BCUT2D eigenvalue weighted by atomic mass is 10.2. The maximum Gasteiger partial charge on any atom is 0.225 e. The van der Waals surface area contributed by atoms with Crippen molar-refractivity contribution in [3.05, 3.63) is 54.9 Å². The summed E-state index contributed by atoms with van der Waals surface area (Å²) in [7, 11) is 1.99. The standard InChI is InChI=1S/C15H16N4O/c1-11(14-16-7-9-19(14)2)18-13-5-3-12(4-6-13)15-17-8-10-20-15/h3-11,18H,1-2H3/t11-/m0/s1. The van der Waals surface area contributed by atoms with Crippen molar-refractivity contribution in [2.24, 2.45) is 7.05 Å². The Balaban J connectivity index is 1.74. The molecule has 0 saturated heterocycles. The highest BCUT2D eigenvalue weighted by Gasteiger charge is 2.10. The average Bonchev–Trinajstić information content (AvgIpc) is 3.10. The molecule has 0 radical (unpaired) electrons. The highest BCUT2D eigenvalue weighted by atomic mass is 16.3. The second-order valence-corrected chi connectivity index (χ2v) is 4.68. The van der Waals surface area contributed by atoms with Crippen LogP contribution in [0.1, 0.15) is 18.8 Å². The van der Waals surface area contributed by atoms with Gasteiger partial charge in [0.15, 0.2) is 0 Å². The molecule has 20 heavy (non-hydrogen) atoms. The first kappa shape index (κ1) is 12.5. The van der Waals surface area contributed by atoms with Crippen LogP contribution in [-0.4, -0.2) is 14.5 Å². The third kappa shape index (κ3) is 2.42. The minimum atomic E-state index is 0.141. The number of rotatable bonds is 4. The zero-order valence-corrected chi connectivity index (χ0v) is 11.4. The molecule has 0 aliphatic carbocycles. The van der Waals surface area contributed by atoms with Crippen LogP contribution in [0.4, 0.5) is 5.69 Å². The number of imidazole rings is 1. The first-order chi connectivity index (χ1) is 9.74. The van der Waals surface area contributed by atoms with E-state index in [9.17, 15) is 0 Å². The molecule has 1 N–H and O–H groups in total. The number of hydrogen-bond acceptors (Lipinski definition) is 4. The summed E-state index contributed by atoms with van der Waals surface area (Å²) >= 11 is 0. The van der Waals surface area contributed by atoms with Gasteiger partial charge in [0.2, 0.25) is 5.89 Å². The van der Waals surface area contributed by atoms with Crippen molar-refractivity contribution in [3.8, 4) is 11.5 Å². The van der Waals surface area contributed by atoms with Crippen molar-refractivity contribution >= 4 is 5.69 Å². The fourth-order valence-electron chi connectivity index (χ4n) is 2.18. The van der Waals surface area contributed by atoms with Gasteiger partial charge in [0, 0.05) is 30.7 Å². The molecule has 0 aliphatic heterocycles. The number of benzene rings is 1. The molecule has 5 heteroatoms. The molecule has 102 valence electrons. The van der Waals surface area contributed by atoms with Crippen LogP contribution in [0, 0.1) is 0 Å². The lowest BCUT2D eigenvalue weighted by molar-refractivity contribution is 0.574. The van der Waals surface area contributed by atoms with Crippen LogP contribution in [0.3, 0.4) is 0 Å². The first-order valence-electron chi connectivity index (χ1n) is 6.48.